The fraction of sp³-hybridized carbons (Fsp3) is 0. The van der Waals surface area contributed by atoms with E-state index in [9.17, 15) is 5.11 Å². The molecule has 116 valence electrons. The lowest BCUT2D eigenvalue weighted by molar-refractivity contribution is 0.477. The molecule has 4 aromatic rings. The molecule has 24 heavy (non-hydrogen) atoms. The molecule has 0 aliphatic carbocycles. The summed E-state index contributed by atoms with van der Waals surface area (Å²) >= 11 is 0. The molecule has 1 heterocycles. The lowest BCUT2D eigenvalue weighted by Gasteiger charge is -2.12. The first-order chi connectivity index (χ1) is 11.7. The number of hydrogen-bond acceptors (Lipinski definition) is 4. The lowest BCUT2D eigenvalue weighted by Crippen LogP contribution is -1.99. The van der Waals surface area contributed by atoms with Crippen molar-refractivity contribution in [3.05, 3.63) is 72.9 Å². The number of hydrogen-bond donors (Lipinski definition) is 2. The van der Waals surface area contributed by atoms with Crippen LogP contribution >= 0.6 is 0 Å². The zero-order valence-corrected chi connectivity index (χ0v) is 12.8. The number of nitrogens with two attached hydrogens (primary N) is 1. The number of aromatic hydroxyl groups is 1. The maximum atomic E-state index is 10.2. The first-order valence-electron chi connectivity index (χ1n) is 7.63. The normalized spacial score (nSPS) is 10.8. The summed E-state index contributed by atoms with van der Waals surface area (Å²) < 4.78 is 0. The van der Waals surface area contributed by atoms with Crippen LogP contribution in [0.15, 0.2) is 72.9 Å². The molecule has 0 bridgehead atoms. The SMILES string of the molecule is Nc1ncc(-c2cccc3ccccc23)c(-c2ccccc2O)n1. The Morgan fingerprint density at radius 3 is 2.33 bits per heavy atom. The van der Waals surface area contributed by atoms with Gasteiger partial charge < -0.3 is 10.8 Å². The van der Waals surface area contributed by atoms with Crippen LogP contribution in [-0.2, 0) is 0 Å². The highest BCUT2D eigenvalue weighted by molar-refractivity contribution is 6.00. The highest BCUT2D eigenvalue weighted by Crippen LogP contribution is 2.37. The van der Waals surface area contributed by atoms with E-state index in [1.54, 1.807) is 18.3 Å². The molecule has 1 aromatic heterocycles. The summed E-state index contributed by atoms with van der Waals surface area (Å²) in [4.78, 5) is 8.56. The van der Waals surface area contributed by atoms with Crippen molar-refractivity contribution in [3.8, 4) is 28.1 Å². The van der Waals surface area contributed by atoms with E-state index in [1.807, 2.05) is 36.4 Å². The van der Waals surface area contributed by atoms with Gasteiger partial charge in [-0.05, 0) is 28.5 Å². The maximum Gasteiger partial charge on any atom is 0.220 e. The Balaban J connectivity index is 2.04. The van der Waals surface area contributed by atoms with Crippen LogP contribution in [0.2, 0.25) is 0 Å². The average molecular weight is 313 g/mol. The van der Waals surface area contributed by atoms with E-state index in [-0.39, 0.29) is 11.7 Å². The van der Waals surface area contributed by atoms with Gasteiger partial charge in [0.25, 0.3) is 0 Å². The van der Waals surface area contributed by atoms with Crippen LogP contribution in [0.5, 0.6) is 5.75 Å². The third kappa shape index (κ3) is 2.34. The highest BCUT2D eigenvalue weighted by atomic mass is 16.3. The Labute approximate surface area is 139 Å². The van der Waals surface area contributed by atoms with Crippen molar-refractivity contribution < 1.29 is 5.11 Å². The number of aromatic nitrogens is 2. The molecule has 4 rings (SSSR count). The van der Waals surface area contributed by atoms with Gasteiger partial charge in [-0.2, -0.15) is 0 Å². The van der Waals surface area contributed by atoms with Crippen molar-refractivity contribution in [2.45, 2.75) is 0 Å². The zero-order chi connectivity index (χ0) is 16.5. The van der Waals surface area contributed by atoms with Crippen molar-refractivity contribution in [3.63, 3.8) is 0 Å². The van der Waals surface area contributed by atoms with Crippen LogP contribution in [0.3, 0.4) is 0 Å². The number of nitrogens with zero attached hydrogens (tertiary/aromatic N) is 2. The maximum absolute atomic E-state index is 10.2. The molecule has 0 atom stereocenters. The van der Waals surface area contributed by atoms with E-state index in [1.165, 1.54) is 0 Å². The summed E-state index contributed by atoms with van der Waals surface area (Å²) in [5.41, 5.74) is 8.90. The van der Waals surface area contributed by atoms with Crippen LogP contribution in [0, 0.1) is 0 Å². The van der Waals surface area contributed by atoms with E-state index in [0.29, 0.717) is 11.3 Å². The summed E-state index contributed by atoms with van der Waals surface area (Å²) in [7, 11) is 0. The first-order valence-corrected chi connectivity index (χ1v) is 7.63. The standard InChI is InChI=1S/C20H15N3O/c21-20-22-12-17(19(23-20)16-9-3-4-11-18(16)24)15-10-5-7-13-6-1-2-8-14(13)15/h1-12,24H,(H2,21,22,23). The molecule has 0 aliphatic heterocycles. The van der Waals surface area contributed by atoms with E-state index in [4.69, 9.17) is 5.73 Å². The molecule has 0 saturated carbocycles. The molecule has 0 fully saturated rings. The van der Waals surface area contributed by atoms with Gasteiger partial charge in [0.15, 0.2) is 0 Å². The number of nitrogen functional groups attached to an aromatic ring is 1. The molecule has 0 spiro atoms. The van der Waals surface area contributed by atoms with Gasteiger partial charge in [0.1, 0.15) is 5.75 Å². The number of benzene rings is 3. The van der Waals surface area contributed by atoms with Gasteiger partial charge in [-0.1, -0.05) is 54.6 Å². The van der Waals surface area contributed by atoms with E-state index in [2.05, 4.69) is 28.2 Å². The second-order valence-corrected chi connectivity index (χ2v) is 5.53. The van der Waals surface area contributed by atoms with Gasteiger partial charge in [0, 0.05) is 17.3 Å². The van der Waals surface area contributed by atoms with Gasteiger partial charge in [-0.3, -0.25) is 0 Å². The molecule has 0 saturated heterocycles. The third-order valence-corrected chi connectivity index (χ3v) is 4.05. The summed E-state index contributed by atoms with van der Waals surface area (Å²) in [5, 5.41) is 12.5. The molecule has 0 radical (unpaired) electrons. The summed E-state index contributed by atoms with van der Waals surface area (Å²) in [6.45, 7) is 0. The molecule has 3 aromatic carbocycles. The van der Waals surface area contributed by atoms with Crippen LogP contribution in [0.25, 0.3) is 33.2 Å². The molecule has 0 amide bonds. The Morgan fingerprint density at radius 1 is 0.750 bits per heavy atom. The van der Waals surface area contributed by atoms with Gasteiger partial charge >= 0.3 is 0 Å². The third-order valence-electron chi connectivity index (χ3n) is 4.05. The molecular weight excluding hydrogens is 298 g/mol. The van der Waals surface area contributed by atoms with Crippen molar-refractivity contribution in [2.24, 2.45) is 0 Å². The van der Waals surface area contributed by atoms with Crippen molar-refractivity contribution >= 4 is 16.7 Å². The van der Waals surface area contributed by atoms with Crippen molar-refractivity contribution in [1.82, 2.24) is 9.97 Å². The van der Waals surface area contributed by atoms with Crippen LogP contribution in [0.4, 0.5) is 5.95 Å². The monoisotopic (exact) mass is 313 g/mol. The van der Waals surface area contributed by atoms with Crippen LogP contribution < -0.4 is 5.73 Å². The Morgan fingerprint density at radius 2 is 1.46 bits per heavy atom. The fourth-order valence-electron chi connectivity index (χ4n) is 2.93. The summed E-state index contributed by atoms with van der Waals surface area (Å²) in [6, 6.07) is 21.3. The second-order valence-electron chi connectivity index (χ2n) is 5.53. The van der Waals surface area contributed by atoms with E-state index in [0.717, 1.165) is 21.9 Å². The predicted octanol–water partition coefficient (Wildman–Crippen LogP) is 4.25. The minimum Gasteiger partial charge on any atom is -0.507 e. The minimum absolute atomic E-state index is 0.164. The average Bonchev–Trinajstić information content (AvgIpc) is 2.62. The minimum atomic E-state index is 0.164. The van der Waals surface area contributed by atoms with Gasteiger partial charge in [-0.25, -0.2) is 9.97 Å². The number of phenols is 1. The number of rotatable bonds is 2. The number of fused-ring (bicyclic) bond motifs is 1. The molecule has 0 aliphatic rings. The molecular formula is C20H15N3O. The van der Waals surface area contributed by atoms with Gasteiger partial charge in [-0.15, -0.1) is 0 Å². The quantitative estimate of drug-likeness (QED) is 0.580. The van der Waals surface area contributed by atoms with Crippen LogP contribution in [0.1, 0.15) is 0 Å². The van der Waals surface area contributed by atoms with Crippen molar-refractivity contribution in [2.75, 3.05) is 5.73 Å². The first kappa shape index (κ1) is 14.2. The largest absolute Gasteiger partial charge is 0.507 e. The predicted molar refractivity (Wildman–Crippen MR) is 96.5 cm³/mol. The van der Waals surface area contributed by atoms with Crippen LogP contribution in [-0.4, -0.2) is 15.1 Å². The second kappa shape index (κ2) is 5.66. The Bertz CT molecular complexity index is 1040. The zero-order valence-electron chi connectivity index (χ0n) is 12.8. The van der Waals surface area contributed by atoms with E-state index >= 15 is 0 Å². The molecule has 0 unspecified atom stereocenters. The molecule has 3 N–H and O–H groups in total. The molecule has 4 heteroatoms. The van der Waals surface area contributed by atoms with E-state index < -0.39 is 0 Å². The Kier molecular flexibility index (Phi) is 3.35. The number of anilines is 1. The Hall–Kier alpha value is -3.40. The molecule has 4 nitrogen and oxygen atoms in total. The lowest BCUT2D eigenvalue weighted by atomic mass is 9.95. The smallest absolute Gasteiger partial charge is 0.220 e. The number of phenolic OH excluding ortho intramolecular Hbond substituents is 1. The van der Waals surface area contributed by atoms with Crippen molar-refractivity contribution in [1.29, 1.82) is 0 Å². The topological polar surface area (TPSA) is 72.0 Å². The number of para-hydroxylation sites is 1. The summed E-state index contributed by atoms with van der Waals surface area (Å²) in [6.07, 6.45) is 1.71. The highest BCUT2D eigenvalue weighted by Gasteiger charge is 2.15. The fourth-order valence-corrected chi connectivity index (χ4v) is 2.93. The van der Waals surface area contributed by atoms with Gasteiger partial charge in [0.05, 0.1) is 5.69 Å². The van der Waals surface area contributed by atoms with Gasteiger partial charge in [0.2, 0.25) is 5.95 Å². The summed E-state index contributed by atoms with van der Waals surface area (Å²) in [5.74, 6) is 0.342.